The quantitative estimate of drug-likeness (QED) is 0.777. The molecule has 1 aromatic carbocycles. The molecule has 1 aromatic rings. The fourth-order valence-corrected chi connectivity index (χ4v) is 1.75. The van der Waals surface area contributed by atoms with E-state index in [2.05, 4.69) is 5.32 Å². The van der Waals surface area contributed by atoms with Gasteiger partial charge in [-0.3, -0.25) is 4.79 Å². The largest absolute Gasteiger partial charge is 0.416 e. The SMILES string of the molecule is CC(C)C(CN)Nc1ccc(C(F)(F)F)cc1C(N)=O. The van der Waals surface area contributed by atoms with Crippen LogP contribution in [0.15, 0.2) is 18.2 Å². The first-order valence-electron chi connectivity index (χ1n) is 6.14. The molecule has 7 heteroatoms. The number of anilines is 1. The fourth-order valence-electron chi connectivity index (χ4n) is 1.75. The van der Waals surface area contributed by atoms with Crippen LogP contribution in [0.3, 0.4) is 0 Å². The van der Waals surface area contributed by atoms with Crippen LogP contribution in [0.1, 0.15) is 29.8 Å². The molecule has 0 aliphatic carbocycles. The molecule has 0 radical (unpaired) electrons. The van der Waals surface area contributed by atoms with Gasteiger partial charge in [0.05, 0.1) is 11.1 Å². The van der Waals surface area contributed by atoms with E-state index in [0.717, 1.165) is 12.1 Å². The highest BCUT2D eigenvalue weighted by atomic mass is 19.4. The average Bonchev–Trinajstić information content (AvgIpc) is 2.34. The van der Waals surface area contributed by atoms with Crippen LogP contribution in [0, 0.1) is 5.92 Å². The summed E-state index contributed by atoms with van der Waals surface area (Å²) in [7, 11) is 0. The third-order valence-electron chi connectivity index (χ3n) is 3.01. The summed E-state index contributed by atoms with van der Waals surface area (Å²) in [5, 5.41) is 2.96. The maximum Gasteiger partial charge on any atom is 0.416 e. The highest BCUT2D eigenvalue weighted by Crippen LogP contribution is 2.32. The van der Waals surface area contributed by atoms with Gasteiger partial charge in [0.25, 0.3) is 5.91 Å². The Labute approximate surface area is 115 Å². The number of amides is 1. The molecular weight excluding hydrogens is 271 g/mol. The van der Waals surface area contributed by atoms with Crippen molar-refractivity contribution in [3.63, 3.8) is 0 Å². The minimum absolute atomic E-state index is 0.156. The molecule has 20 heavy (non-hydrogen) atoms. The van der Waals surface area contributed by atoms with Crippen molar-refractivity contribution in [1.29, 1.82) is 0 Å². The number of nitrogens with two attached hydrogens (primary N) is 2. The maximum absolute atomic E-state index is 12.6. The van der Waals surface area contributed by atoms with Gasteiger partial charge < -0.3 is 16.8 Å². The Morgan fingerprint density at radius 1 is 1.35 bits per heavy atom. The standard InChI is InChI=1S/C13H18F3N3O/c1-7(2)11(6-17)19-10-4-3-8(13(14,15)16)5-9(10)12(18)20/h3-5,7,11,19H,6,17H2,1-2H3,(H2,18,20). The number of halogens is 3. The molecule has 1 unspecified atom stereocenters. The molecular formula is C13H18F3N3O. The first-order chi connectivity index (χ1) is 9.16. The fraction of sp³-hybridized carbons (Fsp3) is 0.462. The zero-order valence-electron chi connectivity index (χ0n) is 11.3. The Hall–Kier alpha value is -1.76. The third kappa shape index (κ3) is 3.86. The van der Waals surface area contributed by atoms with E-state index in [9.17, 15) is 18.0 Å². The van der Waals surface area contributed by atoms with Gasteiger partial charge in [-0.1, -0.05) is 13.8 Å². The zero-order valence-corrected chi connectivity index (χ0v) is 11.3. The van der Waals surface area contributed by atoms with Gasteiger partial charge in [0.1, 0.15) is 0 Å². The first kappa shape index (κ1) is 16.3. The number of rotatable bonds is 5. The van der Waals surface area contributed by atoms with Crippen LogP contribution in [0.5, 0.6) is 0 Å². The Kier molecular flexibility index (Phi) is 4.99. The number of carbonyl (C=O) groups excluding carboxylic acids is 1. The number of benzene rings is 1. The Morgan fingerprint density at radius 2 is 1.95 bits per heavy atom. The van der Waals surface area contributed by atoms with Crippen molar-refractivity contribution < 1.29 is 18.0 Å². The summed E-state index contributed by atoms with van der Waals surface area (Å²) >= 11 is 0. The highest BCUT2D eigenvalue weighted by molar-refractivity contribution is 5.98. The molecule has 1 rings (SSSR count). The number of primary amides is 1. The second-order valence-electron chi connectivity index (χ2n) is 4.85. The highest BCUT2D eigenvalue weighted by Gasteiger charge is 2.31. The van der Waals surface area contributed by atoms with E-state index in [1.165, 1.54) is 6.07 Å². The van der Waals surface area contributed by atoms with Crippen molar-refractivity contribution in [2.45, 2.75) is 26.1 Å². The second kappa shape index (κ2) is 6.13. The van der Waals surface area contributed by atoms with E-state index in [4.69, 9.17) is 11.5 Å². The van der Waals surface area contributed by atoms with E-state index in [0.29, 0.717) is 0 Å². The molecule has 0 fully saturated rings. The molecule has 0 heterocycles. The average molecular weight is 289 g/mol. The summed E-state index contributed by atoms with van der Waals surface area (Å²) in [4.78, 5) is 11.3. The molecule has 0 saturated carbocycles. The first-order valence-corrected chi connectivity index (χ1v) is 6.14. The van der Waals surface area contributed by atoms with Crippen LogP contribution in [-0.2, 0) is 6.18 Å². The van der Waals surface area contributed by atoms with Crippen LogP contribution < -0.4 is 16.8 Å². The molecule has 0 aliphatic heterocycles. The van der Waals surface area contributed by atoms with Crippen LogP contribution >= 0.6 is 0 Å². The molecule has 0 spiro atoms. The lowest BCUT2D eigenvalue weighted by molar-refractivity contribution is -0.137. The zero-order chi connectivity index (χ0) is 15.5. The van der Waals surface area contributed by atoms with Crippen molar-refractivity contribution in [3.05, 3.63) is 29.3 Å². The van der Waals surface area contributed by atoms with Gasteiger partial charge in [-0.15, -0.1) is 0 Å². The normalized spacial score (nSPS) is 13.3. The van der Waals surface area contributed by atoms with E-state index in [1.54, 1.807) is 0 Å². The third-order valence-corrected chi connectivity index (χ3v) is 3.01. The molecule has 112 valence electrons. The van der Waals surface area contributed by atoms with Crippen LogP contribution in [0.2, 0.25) is 0 Å². The van der Waals surface area contributed by atoms with E-state index >= 15 is 0 Å². The molecule has 1 amide bonds. The number of carbonyl (C=O) groups is 1. The summed E-state index contributed by atoms with van der Waals surface area (Å²) in [5.74, 6) is -0.763. The van der Waals surface area contributed by atoms with Gasteiger partial charge in [0.15, 0.2) is 0 Å². The van der Waals surface area contributed by atoms with Crippen LogP contribution in [0.4, 0.5) is 18.9 Å². The maximum atomic E-state index is 12.6. The number of nitrogens with one attached hydrogen (secondary N) is 1. The van der Waals surface area contributed by atoms with Crippen molar-refractivity contribution in [2.24, 2.45) is 17.4 Å². The summed E-state index contributed by atoms with van der Waals surface area (Å²) in [6.07, 6.45) is -4.52. The summed E-state index contributed by atoms with van der Waals surface area (Å²) in [6.45, 7) is 4.12. The predicted octanol–water partition coefficient (Wildman–Crippen LogP) is 2.20. The van der Waals surface area contributed by atoms with E-state index < -0.39 is 17.6 Å². The summed E-state index contributed by atoms with van der Waals surface area (Å²) in [5.41, 5.74) is 9.88. The lowest BCUT2D eigenvalue weighted by Crippen LogP contribution is -2.34. The van der Waals surface area contributed by atoms with Crippen molar-refractivity contribution >= 4 is 11.6 Å². The summed E-state index contributed by atoms with van der Waals surface area (Å²) < 4.78 is 37.9. The van der Waals surface area contributed by atoms with Crippen molar-refractivity contribution in [3.8, 4) is 0 Å². The lowest BCUT2D eigenvalue weighted by Gasteiger charge is -2.23. The molecule has 0 aliphatic rings. The van der Waals surface area contributed by atoms with Crippen molar-refractivity contribution in [1.82, 2.24) is 0 Å². The minimum atomic E-state index is -4.52. The van der Waals surface area contributed by atoms with Gasteiger partial charge in [0.2, 0.25) is 0 Å². The predicted molar refractivity (Wildman–Crippen MR) is 71.3 cm³/mol. The Bertz CT molecular complexity index is 486. The Balaban J connectivity index is 3.17. The molecule has 5 N–H and O–H groups in total. The number of hydrogen-bond donors (Lipinski definition) is 3. The van der Waals surface area contributed by atoms with Gasteiger partial charge in [-0.2, -0.15) is 13.2 Å². The van der Waals surface area contributed by atoms with Gasteiger partial charge in [-0.25, -0.2) is 0 Å². The molecule has 0 saturated heterocycles. The van der Waals surface area contributed by atoms with E-state index in [-0.39, 0.29) is 29.8 Å². The lowest BCUT2D eigenvalue weighted by atomic mass is 10.0. The van der Waals surface area contributed by atoms with Gasteiger partial charge in [0, 0.05) is 18.3 Å². The topological polar surface area (TPSA) is 81.1 Å². The second-order valence-corrected chi connectivity index (χ2v) is 4.85. The number of alkyl halides is 3. The smallest absolute Gasteiger partial charge is 0.380 e. The molecule has 1 atom stereocenters. The van der Waals surface area contributed by atoms with Gasteiger partial charge >= 0.3 is 6.18 Å². The molecule has 0 aromatic heterocycles. The summed E-state index contributed by atoms with van der Waals surface area (Å²) in [6, 6.07) is 2.69. The van der Waals surface area contributed by atoms with Gasteiger partial charge in [-0.05, 0) is 24.1 Å². The molecule has 4 nitrogen and oxygen atoms in total. The monoisotopic (exact) mass is 289 g/mol. The Morgan fingerprint density at radius 3 is 2.35 bits per heavy atom. The number of hydrogen-bond acceptors (Lipinski definition) is 3. The van der Waals surface area contributed by atoms with E-state index in [1.807, 2.05) is 13.8 Å². The van der Waals surface area contributed by atoms with Crippen molar-refractivity contribution in [2.75, 3.05) is 11.9 Å². The minimum Gasteiger partial charge on any atom is -0.380 e. The van der Waals surface area contributed by atoms with Crippen LogP contribution in [0.25, 0.3) is 0 Å². The van der Waals surface area contributed by atoms with Crippen LogP contribution in [-0.4, -0.2) is 18.5 Å². The molecule has 0 bridgehead atoms.